The van der Waals surface area contributed by atoms with Gasteiger partial charge in [-0.3, -0.25) is 14.9 Å². The number of hydrogen-bond acceptors (Lipinski definition) is 5. The molecule has 2 aromatic rings. The highest BCUT2D eigenvalue weighted by Gasteiger charge is 2.13. The van der Waals surface area contributed by atoms with Crippen LogP contribution < -0.4 is 10.6 Å². The Hall–Kier alpha value is -3.11. The maximum atomic E-state index is 11.9. The van der Waals surface area contributed by atoms with Gasteiger partial charge in [-0.1, -0.05) is 23.7 Å². The quantitative estimate of drug-likeness (QED) is 0.617. The molecule has 0 aliphatic carbocycles. The lowest BCUT2D eigenvalue weighted by molar-refractivity contribution is -0.384. The minimum Gasteiger partial charge on any atom is -0.376 e. The predicted molar refractivity (Wildman–Crippen MR) is 91.0 cm³/mol. The van der Waals surface area contributed by atoms with Gasteiger partial charge in [0, 0.05) is 17.4 Å². The van der Waals surface area contributed by atoms with Gasteiger partial charge in [0.25, 0.3) is 5.69 Å². The highest BCUT2D eigenvalue weighted by molar-refractivity contribution is 6.32. The zero-order valence-electron chi connectivity index (χ0n) is 12.5. The van der Waals surface area contributed by atoms with E-state index >= 15 is 0 Å². The molecule has 8 heteroatoms. The fourth-order valence-corrected chi connectivity index (χ4v) is 2.13. The lowest BCUT2D eigenvalue weighted by Gasteiger charge is -2.08. The number of anilines is 2. The van der Waals surface area contributed by atoms with Crippen LogP contribution in [-0.2, 0) is 11.2 Å². The largest absolute Gasteiger partial charge is 0.376 e. The zero-order chi connectivity index (χ0) is 17.5. The number of halogens is 1. The Morgan fingerprint density at radius 2 is 1.88 bits per heavy atom. The van der Waals surface area contributed by atoms with Crippen molar-refractivity contribution >= 4 is 34.6 Å². The van der Waals surface area contributed by atoms with E-state index in [1.165, 1.54) is 12.1 Å². The minimum atomic E-state index is -0.587. The van der Waals surface area contributed by atoms with E-state index in [1.807, 2.05) is 6.07 Å². The Kier molecular flexibility index (Phi) is 5.71. The Bertz CT molecular complexity index is 800. The fourth-order valence-electron chi connectivity index (χ4n) is 1.95. The SMILES string of the molecule is N#CCc1ccc(NC(=O)CNc2ccc(Cl)c([N+](=O)[O-])c2)cc1. The van der Waals surface area contributed by atoms with Crippen LogP contribution in [0.15, 0.2) is 42.5 Å². The second kappa shape index (κ2) is 7.94. The second-order valence-corrected chi connectivity index (χ2v) is 5.26. The summed E-state index contributed by atoms with van der Waals surface area (Å²) in [4.78, 5) is 22.1. The van der Waals surface area contributed by atoms with Crippen molar-refractivity contribution in [3.8, 4) is 6.07 Å². The summed E-state index contributed by atoms with van der Waals surface area (Å²) < 4.78 is 0. The Morgan fingerprint density at radius 1 is 1.21 bits per heavy atom. The van der Waals surface area contributed by atoms with Crippen molar-refractivity contribution in [1.82, 2.24) is 0 Å². The molecule has 0 saturated carbocycles. The number of benzene rings is 2. The number of nitriles is 1. The van der Waals surface area contributed by atoms with Gasteiger partial charge in [-0.05, 0) is 29.8 Å². The Morgan fingerprint density at radius 3 is 2.50 bits per heavy atom. The third-order valence-corrected chi connectivity index (χ3v) is 3.44. The molecule has 0 aliphatic rings. The third-order valence-electron chi connectivity index (χ3n) is 3.12. The number of nitro benzene ring substituents is 1. The van der Waals surface area contributed by atoms with E-state index in [-0.39, 0.29) is 23.2 Å². The van der Waals surface area contributed by atoms with E-state index in [9.17, 15) is 14.9 Å². The number of nitrogens with zero attached hydrogens (tertiary/aromatic N) is 2. The third kappa shape index (κ3) is 4.69. The molecule has 0 unspecified atom stereocenters. The van der Waals surface area contributed by atoms with Gasteiger partial charge in [0.05, 0.1) is 24.0 Å². The van der Waals surface area contributed by atoms with Crippen LogP contribution in [0.4, 0.5) is 17.1 Å². The van der Waals surface area contributed by atoms with Crippen molar-refractivity contribution in [3.05, 3.63) is 63.2 Å². The van der Waals surface area contributed by atoms with Crippen LogP contribution in [0.3, 0.4) is 0 Å². The predicted octanol–water partition coefficient (Wildman–Crippen LogP) is 3.36. The molecular formula is C16H13ClN4O3. The normalized spacial score (nSPS) is 9.83. The van der Waals surface area contributed by atoms with E-state index in [0.29, 0.717) is 17.8 Å². The summed E-state index contributed by atoms with van der Waals surface area (Å²) in [5, 5.41) is 24.9. The molecule has 0 aliphatic heterocycles. The van der Waals surface area contributed by atoms with Crippen molar-refractivity contribution in [1.29, 1.82) is 5.26 Å². The monoisotopic (exact) mass is 344 g/mol. The topological polar surface area (TPSA) is 108 Å². The van der Waals surface area contributed by atoms with Crippen LogP contribution in [0.5, 0.6) is 0 Å². The number of carbonyl (C=O) groups excluding carboxylic acids is 1. The molecule has 0 radical (unpaired) electrons. The van der Waals surface area contributed by atoms with Crippen LogP contribution in [0, 0.1) is 21.4 Å². The van der Waals surface area contributed by atoms with Gasteiger partial charge < -0.3 is 10.6 Å². The van der Waals surface area contributed by atoms with E-state index < -0.39 is 4.92 Å². The number of amides is 1. The molecule has 0 atom stereocenters. The number of carbonyl (C=O) groups is 1. The average molecular weight is 345 g/mol. The van der Waals surface area contributed by atoms with Gasteiger partial charge in [0.2, 0.25) is 5.91 Å². The average Bonchev–Trinajstić information content (AvgIpc) is 2.56. The van der Waals surface area contributed by atoms with Crippen molar-refractivity contribution in [2.75, 3.05) is 17.2 Å². The van der Waals surface area contributed by atoms with Gasteiger partial charge in [-0.25, -0.2) is 0 Å². The molecule has 0 spiro atoms. The van der Waals surface area contributed by atoms with Crippen LogP contribution in [0.2, 0.25) is 5.02 Å². The first-order chi connectivity index (χ1) is 11.5. The first kappa shape index (κ1) is 17.2. The molecule has 0 saturated heterocycles. The second-order valence-electron chi connectivity index (χ2n) is 4.86. The van der Waals surface area contributed by atoms with Crippen LogP contribution in [0.1, 0.15) is 5.56 Å². The maximum absolute atomic E-state index is 11.9. The highest BCUT2D eigenvalue weighted by atomic mass is 35.5. The lowest BCUT2D eigenvalue weighted by Crippen LogP contribution is -2.21. The summed E-state index contributed by atoms with van der Waals surface area (Å²) in [5.41, 5.74) is 1.66. The van der Waals surface area contributed by atoms with E-state index in [1.54, 1.807) is 30.3 Å². The molecule has 2 N–H and O–H groups in total. The Balaban J connectivity index is 1.92. The van der Waals surface area contributed by atoms with Gasteiger partial charge >= 0.3 is 0 Å². The number of nitrogens with one attached hydrogen (secondary N) is 2. The van der Waals surface area contributed by atoms with Gasteiger partial charge in [-0.15, -0.1) is 0 Å². The van der Waals surface area contributed by atoms with Crippen LogP contribution >= 0.6 is 11.6 Å². The number of nitro groups is 1. The Labute approximate surface area is 143 Å². The fraction of sp³-hybridized carbons (Fsp3) is 0.125. The summed E-state index contributed by atoms with van der Waals surface area (Å²) in [6.07, 6.45) is 0.311. The van der Waals surface area contributed by atoms with Gasteiger partial charge in [-0.2, -0.15) is 5.26 Å². The minimum absolute atomic E-state index is 0.0347. The zero-order valence-corrected chi connectivity index (χ0v) is 13.2. The first-order valence-corrected chi connectivity index (χ1v) is 7.31. The highest BCUT2D eigenvalue weighted by Crippen LogP contribution is 2.27. The van der Waals surface area contributed by atoms with E-state index in [4.69, 9.17) is 16.9 Å². The molecule has 24 heavy (non-hydrogen) atoms. The number of hydrogen-bond donors (Lipinski definition) is 2. The molecular weight excluding hydrogens is 332 g/mol. The molecule has 0 aromatic heterocycles. The van der Waals surface area contributed by atoms with Crippen molar-refractivity contribution < 1.29 is 9.72 Å². The molecule has 2 aromatic carbocycles. The summed E-state index contributed by atoms with van der Waals surface area (Å²) >= 11 is 5.73. The van der Waals surface area contributed by atoms with E-state index in [2.05, 4.69) is 10.6 Å². The molecule has 2 rings (SSSR count). The van der Waals surface area contributed by atoms with Crippen LogP contribution in [0.25, 0.3) is 0 Å². The van der Waals surface area contributed by atoms with Gasteiger partial charge in [0.15, 0.2) is 0 Å². The summed E-state index contributed by atoms with van der Waals surface area (Å²) in [6.45, 7) is -0.0568. The summed E-state index contributed by atoms with van der Waals surface area (Å²) in [7, 11) is 0. The molecule has 0 fully saturated rings. The molecule has 0 heterocycles. The molecule has 122 valence electrons. The summed E-state index contributed by atoms with van der Waals surface area (Å²) in [5.74, 6) is -0.305. The molecule has 1 amide bonds. The molecule has 7 nitrogen and oxygen atoms in total. The standard InChI is InChI=1S/C16H13ClN4O3/c17-14-6-5-13(9-15(14)21(23)24)19-10-16(22)20-12-3-1-11(2-4-12)7-8-18/h1-6,9,19H,7,10H2,(H,20,22). The maximum Gasteiger partial charge on any atom is 0.289 e. The summed E-state index contributed by atoms with van der Waals surface area (Å²) in [6, 6.07) is 13.2. The van der Waals surface area contributed by atoms with E-state index in [0.717, 1.165) is 5.56 Å². The number of rotatable bonds is 6. The lowest BCUT2D eigenvalue weighted by atomic mass is 10.1. The van der Waals surface area contributed by atoms with Crippen molar-refractivity contribution in [2.45, 2.75) is 6.42 Å². The first-order valence-electron chi connectivity index (χ1n) is 6.93. The smallest absolute Gasteiger partial charge is 0.289 e. The van der Waals surface area contributed by atoms with Crippen molar-refractivity contribution in [2.24, 2.45) is 0 Å². The van der Waals surface area contributed by atoms with Crippen molar-refractivity contribution in [3.63, 3.8) is 0 Å². The van der Waals surface area contributed by atoms with Gasteiger partial charge in [0.1, 0.15) is 5.02 Å². The van der Waals surface area contributed by atoms with Crippen LogP contribution in [-0.4, -0.2) is 17.4 Å². The molecule has 0 bridgehead atoms.